The van der Waals surface area contributed by atoms with E-state index in [1.807, 2.05) is 97.1 Å². The number of nitrogens with one attached hydrogen (secondary N) is 2. The van der Waals surface area contributed by atoms with E-state index in [1.165, 1.54) is 25.3 Å². The van der Waals surface area contributed by atoms with Gasteiger partial charge in [0.1, 0.15) is 59.9 Å². The van der Waals surface area contributed by atoms with Crippen molar-refractivity contribution in [1.29, 1.82) is 10.5 Å². The summed E-state index contributed by atoms with van der Waals surface area (Å²) in [5.41, 5.74) is 24.1. The number of aromatic hydroxyl groups is 7. The Bertz CT molecular complexity index is 3860. The summed E-state index contributed by atoms with van der Waals surface area (Å²) in [6.45, 7) is 8.16. The number of aliphatic hydroxyl groups is 1. The molecule has 18 heteroatoms. The van der Waals surface area contributed by atoms with Gasteiger partial charge in [-0.3, -0.25) is 26.9 Å². The average molecular weight is 1210 g/mol. The minimum Gasteiger partial charge on any atom is -0.508 e. The summed E-state index contributed by atoms with van der Waals surface area (Å²) in [4.78, 5) is 9.79. The summed E-state index contributed by atoms with van der Waals surface area (Å²) in [5, 5.41) is 108. The van der Waals surface area contributed by atoms with Crippen LogP contribution in [0.3, 0.4) is 0 Å². The molecule has 0 spiro atoms. The van der Waals surface area contributed by atoms with E-state index < -0.39 is 0 Å². The van der Waals surface area contributed by atoms with Crippen LogP contribution in [-0.2, 0) is 62.9 Å². The second-order valence-corrected chi connectivity index (χ2v) is 20.7. The number of aliphatic hydroxyl groups excluding tert-OH is 1. The van der Waals surface area contributed by atoms with Crippen LogP contribution in [-0.4, -0.2) is 77.8 Å². The van der Waals surface area contributed by atoms with Crippen molar-refractivity contribution in [2.24, 2.45) is 11.5 Å². The lowest BCUT2D eigenvalue weighted by molar-refractivity contribution is -0.477. The summed E-state index contributed by atoms with van der Waals surface area (Å²) < 4.78 is 4.97. The van der Waals surface area contributed by atoms with Gasteiger partial charge in [-0.05, 0) is 136 Å². The standard InChI is InChI=1S/C30H30N4O2.C18H20N2O4.C16H12N2O2.C8H7NO/c31-29(33-19-21-7-3-1-4-8-21)17-23-11-13-27(35)25(15-23)26-16-24(12-14-28(26)36)18-30(32)34-20-22-9-5-2-6-10-22;1-24-18(20)9-12-3-5-17(23)15(8-12)14-7-11(2-4-16(14)22)6-13(19)10-21;1-18-10-12-3-5-16(20)14(9-12)13-8-11(6-7-17)2-4-15(13)19;9-6-5-7-1-3-8(10)4-2-7/h1-16,35-36H,17-20H2,(H2,31,33)(H2,32,34);2-5,7-8,19-23H,6,9-10H2,1H3;2-5,8-9,19-20H,6,10H2;1-4,10H,5H2/p+4. The van der Waals surface area contributed by atoms with Gasteiger partial charge in [0, 0.05) is 38.9 Å². The minimum atomic E-state index is -0.205. The zero-order chi connectivity index (χ0) is 65.0. The molecular formula is C72H73N9O9+4. The number of nitrogens with zero attached hydrogens (tertiary/aromatic N) is 3. The SMILES string of the molecule is COC(=[NH2+])Cc1ccc(O)c(-c2cc(CC(=[NH2+])CO)ccc2O)c1.N#CCc1ccc(O)cc1.NC(Cc1ccc(O)c(-c2cc(CC(N)=[NH+]Cc3ccccc3)ccc2O)c1)=[NH+]Cc1ccccc1.[C-]#[N+]Cc1ccc(O)c(-c2cc(CC#N)ccc2O)c1. The number of hydrogen-bond donors (Lipinski definition) is 14. The highest BCUT2D eigenvalue weighted by Crippen LogP contribution is 2.39. The van der Waals surface area contributed by atoms with Gasteiger partial charge in [-0.1, -0.05) is 103 Å². The van der Waals surface area contributed by atoms with Crippen molar-refractivity contribution >= 4 is 23.3 Å². The maximum atomic E-state index is 10.6. The van der Waals surface area contributed by atoms with Gasteiger partial charge in [0.25, 0.3) is 0 Å². The Labute approximate surface area is 522 Å². The molecule has 0 atom stereocenters. The largest absolute Gasteiger partial charge is 0.508 e. The summed E-state index contributed by atoms with van der Waals surface area (Å²) in [6.07, 6.45) is 2.40. The molecule has 0 aliphatic heterocycles. The monoisotopic (exact) mass is 1210 g/mol. The average Bonchev–Trinajstić information content (AvgIpc) is 2.42. The fraction of sp³-hybridized carbons (Fsp3) is 0.153. The highest BCUT2D eigenvalue weighted by Gasteiger charge is 2.17. The number of hydrogen-bond acceptors (Lipinski definition) is 11. The normalized spacial score (nSPS) is 10.7. The highest BCUT2D eigenvalue weighted by molar-refractivity contribution is 5.85. The van der Waals surface area contributed by atoms with E-state index in [0.717, 1.165) is 50.1 Å². The predicted octanol–water partition coefficient (Wildman–Crippen LogP) is 4.68. The molecule has 456 valence electrons. The molecule has 0 saturated heterocycles. The Morgan fingerprint density at radius 2 is 0.767 bits per heavy atom. The molecule has 0 unspecified atom stereocenters. The van der Waals surface area contributed by atoms with E-state index in [9.17, 15) is 30.6 Å². The third-order valence-corrected chi connectivity index (χ3v) is 13.8. The first kappa shape index (κ1) is 67.2. The van der Waals surface area contributed by atoms with E-state index in [0.29, 0.717) is 102 Å². The summed E-state index contributed by atoms with van der Waals surface area (Å²) in [6, 6.07) is 61.1. The van der Waals surface area contributed by atoms with Crippen molar-refractivity contribution < 1.29 is 66.4 Å². The Balaban J connectivity index is 0.000000207. The molecule has 9 aromatic carbocycles. The topological polar surface area (TPSA) is 354 Å². The van der Waals surface area contributed by atoms with Gasteiger partial charge < -0.3 is 50.4 Å². The smallest absolute Gasteiger partial charge is 0.337 e. The molecule has 0 aliphatic rings. The number of phenolic OH excluding ortho intramolecular Hbond substituents is 7. The van der Waals surface area contributed by atoms with Crippen molar-refractivity contribution in [2.45, 2.75) is 58.2 Å². The Morgan fingerprint density at radius 3 is 1.13 bits per heavy atom. The molecule has 0 aliphatic carbocycles. The van der Waals surface area contributed by atoms with Crippen LogP contribution in [0.4, 0.5) is 0 Å². The number of methoxy groups -OCH3 is 1. The molecule has 0 aromatic heterocycles. The van der Waals surface area contributed by atoms with Crippen LogP contribution < -0.4 is 32.3 Å². The second kappa shape index (κ2) is 34.3. The quantitative estimate of drug-likeness (QED) is 0.0298. The third-order valence-electron chi connectivity index (χ3n) is 13.8. The summed E-state index contributed by atoms with van der Waals surface area (Å²) in [5.74, 6) is 2.16. The maximum absolute atomic E-state index is 10.6. The van der Waals surface area contributed by atoms with Gasteiger partial charge in [-0.25, -0.2) is 12.0 Å². The van der Waals surface area contributed by atoms with Gasteiger partial charge in [-0.15, -0.1) is 0 Å². The molecule has 9 aromatic rings. The second-order valence-electron chi connectivity index (χ2n) is 20.7. The van der Waals surface area contributed by atoms with Gasteiger partial charge in [0.2, 0.25) is 18.2 Å². The van der Waals surface area contributed by atoms with Crippen molar-refractivity contribution in [1.82, 2.24) is 0 Å². The number of phenols is 7. The number of benzene rings is 9. The van der Waals surface area contributed by atoms with Crippen LogP contribution in [0, 0.1) is 29.2 Å². The Hall–Kier alpha value is -11.9. The predicted molar refractivity (Wildman–Crippen MR) is 346 cm³/mol. The van der Waals surface area contributed by atoms with Crippen molar-refractivity contribution in [3.05, 3.63) is 256 Å². The Morgan fingerprint density at radius 1 is 0.444 bits per heavy atom. The molecule has 0 fully saturated rings. The third kappa shape index (κ3) is 21.0. The van der Waals surface area contributed by atoms with E-state index in [1.54, 1.807) is 91.0 Å². The van der Waals surface area contributed by atoms with Gasteiger partial charge >= 0.3 is 5.90 Å². The van der Waals surface area contributed by atoms with Gasteiger partial charge in [-0.2, -0.15) is 10.5 Å². The fourth-order valence-corrected chi connectivity index (χ4v) is 9.11. The molecular weight excluding hydrogens is 1130 g/mol. The number of rotatable bonds is 19. The number of nitrogens with two attached hydrogens (primary N) is 4. The fourth-order valence-electron chi connectivity index (χ4n) is 9.11. The number of amidine groups is 2. The van der Waals surface area contributed by atoms with Gasteiger partial charge in [0.15, 0.2) is 5.71 Å². The first-order chi connectivity index (χ1) is 43.4. The molecule has 0 radical (unpaired) electrons. The molecule has 18 nitrogen and oxygen atoms in total. The van der Waals surface area contributed by atoms with E-state index in [2.05, 4.69) is 14.8 Å². The van der Waals surface area contributed by atoms with Crippen molar-refractivity contribution in [3.63, 3.8) is 0 Å². The van der Waals surface area contributed by atoms with Crippen LogP contribution in [0.25, 0.3) is 38.2 Å². The van der Waals surface area contributed by atoms with E-state index in [4.69, 9.17) is 54.3 Å². The Kier molecular flexibility index (Phi) is 25.6. The lowest BCUT2D eigenvalue weighted by Gasteiger charge is -2.11. The zero-order valence-corrected chi connectivity index (χ0v) is 49.7. The summed E-state index contributed by atoms with van der Waals surface area (Å²) in [7, 11) is 1.49. The molecule has 9 rings (SSSR count). The molecule has 0 saturated carbocycles. The number of ether oxygens (including phenoxy) is 1. The van der Waals surface area contributed by atoms with Crippen LogP contribution >= 0.6 is 0 Å². The summed E-state index contributed by atoms with van der Waals surface area (Å²) >= 11 is 0. The zero-order valence-electron chi connectivity index (χ0n) is 49.7. The van der Waals surface area contributed by atoms with Crippen LogP contribution in [0.2, 0.25) is 0 Å². The van der Waals surface area contributed by atoms with Crippen LogP contribution in [0.15, 0.2) is 194 Å². The van der Waals surface area contributed by atoms with E-state index in [-0.39, 0.29) is 59.8 Å². The lowest BCUT2D eigenvalue weighted by atomic mass is 9.96. The van der Waals surface area contributed by atoms with Crippen molar-refractivity contribution in [3.8, 4) is 85.8 Å². The molecule has 90 heavy (non-hydrogen) atoms. The molecule has 18 N–H and O–H groups in total. The lowest BCUT2D eigenvalue weighted by Crippen LogP contribution is -2.74. The maximum Gasteiger partial charge on any atom is 0.337 e. The minimum absolute atomic E-state index is 0.0296. The number of nitriles is 2. The van der Waals surface area contributed by atoms with Crippen LogP contribution in [0.1, 0.15) is 50.1 Å². The van der Waals surface area contributed by atoms with Gasteiger partial charge in [0.05, 0.1) is 57.8 Å². The highest BCUT2D eigenvalue weighted by atomic mass is 16.5. The molecule has 0 amide bonds. The van der Waals surface area contributed by atoms with E-state index >= 15 is 0 Å². The first-order valence-electron chi connectivity index (χ1n) is 28.3. The van der Waals surface area contributed by atoms with Crippen LogP contribution in [0.5, 0.6) is 40.2 Å². The molecule has 0 heterocycles. The molecule has 0 bridgehead atoms. The first-order valence-corrected chi connectivity index (χ1v) is 28.3. The van der Waals surface area contributed by atoms with Crippen molar-refractivity contribution in [2.75, 3.05) is 13.7 Å².